The Kier molecular flexibility index (Phi) is 8.86. The monoisotopic (exact) mass is 665 g/mol. The zero-order chi connectivity index (χ0) is 33.4. The van der Waals surface area contributed by atoms with Crippen molar-refractivity contribution in [1.82, 2.24) is 9.13 Å². The Bertz CT molecular complexity index is 2250. The Balaban J connectivity index is 1.58. The first-order chi connectivity index (χ1) is 22.6. The van der Waals surface area contributed by atoms with Gasteiger partial charge in [0, 0.05) is 27.7 Å². The maximum atomic E-state index is 14.3. The minimum atomic E-state index is -0.795. The average Bonchev–Trinajstić information content (AvgIpc) is 3.53. The quantitative estimate of drug-likeness (QED) is 0.196. The Labute approximate surface area is 280 Å². The lowest BCUT2D eigenvalue weighted by molar-refractivity contribution is -0.138. The van der Waals surface area contributed by atoms with Crippen molar-refractivity contribution in [2.45, 2.75) is 33.7 Å². The SMILES string of the molecule is CCOC(=O)C1=C(c2ccccc2)N=c2s/c(=C/c3cc(C)n(-c4cccc(C(=O)OC)c4C)c3C)c(=O)n2[C@H]1c1ccc(Cl)cc1. The van der Waals surface area contributed by atoms with Crippen LogP contribution in [0.1, 0.15) is 57.0 Å². The molecule has 238 valence electrons. The van der Waals surface area contributed by atoms with Crippen molar-refractivity contribution >= 4 is 46.6 Å². The summed E-state index contributed by atoms with van der Waals surface area (Å²) in [6.45, 7) is 7.76. The van der Waals surface area contributed by atoms with Gasteiger partial charge in [-0.15, -0.1) is 0 Å². The molecule has 0 fully saturated rings. The fourth-order valence-electron chi connectivity index (χ4n) is 6.04. The smallest absolute Gasteiger partial charge is 0.338 e. The number of thiazole rings is 1. The van der Waals surface area contributed by atoms with Gasteiger partial charge in [-0.25, -0.2) is 14.6 Å². The van der Waals surface area contributed by atoms with Gasteiger partial charge in [-0.1, -0.05) is 71.5 Å². The number of hydrogen-bond acceptors (Lipinski definition) is 7. The molecule has 0 radical (unpaired) electrons. The van der Waals surface area contributed by atoms with Crippen molar-refractivity contribution < 1.29 is 19.1 Å². The van der Waals surface area contributed by atoms with Gasteiger partial charge < -0.3 is 14.0 Å². The summed E-state index contributed by atoms with van der Waals surface area (Å²) in [5, 5.41) is 0.536. The zero-order valence-electron chi connectivity index (χ0n) is 26.5. The van der Waals surface area contributed by atoms with Gasteiger partial charge >= 0.3 is 11.9 Å². The first-order valence-electron chi connectivity index (χ1n) is 15.1. The lowest BCUT2D eigenvalue weighted by Crippen LogP contribution is -2.40. The number of nitrogens with zero attached hydrogens (tertiary/aromatic N) is 3. The van der Waals surface area contributed by atoms with E-state index in [1.165, 1.54) is 18.4 Å². The largest absolute Gasteiger partial charge is 0.465 e. The van der Waals surface area contributed by atoms with Crippen molar-refractivity contribution in [3.63, 3.8) is 0 Å². The van der Waals surface area contributed by atoms with Crippen LogP contribution in [-0.4, -0.2) is 34.8 Å². The van der Waals surface area contributed by atoms with E-state index in [2.05, 4.69) is 4.57 Å². The summed E-state index contributed by atoms with van der Waals surface area (Å²) < 4.78 is 14.6. The minimum absolute atomic E-state index is 0.166. The summed E-state index contributed by atoms with van der Waals surface area (Å²) >= 11 is 7.51. The van der Waals surface area contributed by atoms with Crippen LogP contribution in [-0.2, 0) is 14.3 Å². The van der Waals surface area contributed by atoms with Crippen molar-refractivity contribution in [3.05, 3.63) is 148 Å². The number of methoxy groups -OCH3 is 1. The van der Waals surface area contributed by atoms with Crippen LogP contribution in [0.25, 0.3) is 17.5 Å². The lowest BCUT2D eigenvalue weighted by Gasteiger charge is -2.25. The number of benzene rings is 3. The molecule has 8 nitrogen and oxygen atoms in total. The van der Waals surface area contributed by atoms with E-state index in [4.69, 9.17) is 26.1 Å². The van der Waals surface area contributed by atoms with Crippen LogP contribution in [0.15, 0.2) is 94.2 Å². The van der Waals surface area contributed by atoms with E-state index >= 15 is 0 Å². The van der Waals surface area contributed by atoms with Crippen LogP contribution in [0, 0.1) is 20.8 Å². The van der Waals surface area contributed by atoms with E-state index < -0.39 is 18.0 Å². The molecule has 0 saturated carbocycles. The highest BCUT2D eigenvalue weighted by atomic mass is 35.5. The van der Waals surface area contributed by atoms with Gasteiger partial charge in [-0.3, -0.25) is 9.36 Å². The maximum Gasteiger partial charge on any atom is 0.338 e. The third-order valence-electron chi connectivity index (χ3n) is 8.27. The van der Waals surface area contributed by atoms with E-state index in [1.54, 1.807) is 29.7 Å². The number of carbonyl (C=O) groups excluding carboxylic acids is 2. The summed E-state index contributed by atoms with van der Waals surface area (Å²) in [5.41, 5.74) is 6.67. The van der Waals surface area contributed by atoms with Crippen molar-refractivity contribution in [2.75, 3.05) is 13.7 Å². The molecule has 1 aliphatic heterocycles. The number of esters is 2. The number of aromatic nitrogens is 2. The fraction of sp³-hybridized carbons (Fsp3) is 0.189. The Hall–Kier alpha value is -4.99. The fourth-order valence-corrected chi connectivity index (χ4v) is 7.16. The predicted molar refractivity (Wildman–Crippen MR) is 184 cm³/mol. The Morgan fingerprint density at radius 2 is 1.70 bits per heavy atom. The van der Waals surface area contributed by atoms with Crippen molar-refractivity contribution in [1.29, 1.82) is 0 Å². The van der Waals surface area contributed by atoms with Gasteiger partial charge in [0.2, 0.25) is 0 Å². The average molecular weight is 666 g/mol. The third-order valence-corrected chi connectivity index (χ3v) is 9.50. The molecule has 3 aromatic carbocycles. The van der Waals surface area contributed by atoms with Crippen molar-refractivity contribution in [3.8, 4) is 5.69 Å². The van der Waals surface area contributed by atoms with Crippen LogP contribution in [0.5, 0.6) is 0 Å². The van der Waals surface area contributed by atoms with E-state index in [9.17, 15) is 14.4 Å². The lowest BCUT2D eigenvalue weighted by atomic mass is 9.93. The predicted octanol–water partition coefficient (Wildman–Crippen LogP) is 6.09. The normalized spacial score (nSPS) is 14.5. The molecule has 1 atom stereocenters. The van der Waals surface area contributed by atoms with Gasteiger partial charge in [-0.05, 0) is 80.8 Å². The standard InChI is InChI=1S/C37H32ClN3O5S/c1-6-46-36(44)31-32(24-11-8-7-9-12-24)39-37-41(33(31)25-15-17-27(38)18-16-25)34(42)30(47-37)20-26-19-21(2)40(23(26)4)29-14-10-13-28(22(29)3)35(43)45-5/h7-20,33H,6H2,1-5H3/b30-20+/t33-/m0/s1. The van der Waals surface area contributed by atoms with Crippen molar-refractivity contribution in [2.24, 2.45) is 4.99 Å². The summed E-state index contributed by atoms with van der Waals surface area (Å²) in [6.07, 6.45) is 1.86. The number of aryl methyl sites for hydroxylation is 1. The second-order valence-electron chi connectivity index (χ2n) is 11.1. The van der Waals surface area contributed by atoms with Gasteiger partial charge in [0.1, 0.15) is 0 Å². The van der Waals surface area contributed by atoms with Gasteiger partial charge in [0.15, 0.2) is 4.80 Å². The second kappa shape index (κ2) is 13.0. The molecule has 0 N–H and O–H groups in total. The molecule has 0 saturated heterocycles. The molecule has 3 heterocycles. The Morgan fingerprint density at radius 3 is 2.38 bits per heavy atom. The molecule has 10 heteroatoms. The van der Waals surface area contributed by atoms with E-state index in [1.807, 2.05) is 87.5 Å². The molecule has 0 bridgehead atoms. The highest BCUT2D eigenvalue weighted by molar-refractivity contribution is 7.07. The molecule has 6 rings (SSSR count). The number of fused-ring (bicyclic) bond motifs is 1. The van der Waals surface area contributed by atoms with Crippen LogP contribution >= 0.6 is 22.9 Å². The maximum absolute atomic E-state index is 14.3. The van der Waals surface area contributed by atoms with E-state index in [-0.39, 0.29) is 17.7 Å². The number of rotatable bonds is 7. The van der Waals surface area contributed by atoms with E-state index in [0.717, 1.165) is 33.8 Å². The Morgan fingerprint density at radius 1 is 0.979 bits per heavy atom. The van der Waals surface area contributed by atoms with Gasteiger partial charge in [-0.2, -0.15) is 0 Å². The van der Waals surface area contributed by atoms with Crippen LogP contribution in [0.2, 0.25) is 5.02 Å². The second-order valence-corrected chi connectivity index (χ2v) is 12.5. The topological polar surface area (TPSA) is 91.9 Å². The van der Waals surface area contributed by atoms with Crippen LogP contribution in [0.4, 0.5) is 0 Å². The number of carbonyl (C=O) groups is 2. The molecule has 2 aromatic heterocycles. The summed E-state index contributed by atoms with van der Waals surface area (Å²) in [5.74, 6) is -0.946. The number of halogens is 1. The third kappa shape index (κ3) is 5.77. The molecule has 0 amide bonds. The van der Waals surface area contributed by atoms with Crippen LogP contribution < -0.4 is 14.9 Å². The molecule has 47 heavy (non-hydrogen) atoms. The highest BCUT2D eigenvalue weighted by Crippen LogP contribution is 2.35. The number of hydrogen-bond donors (Lipinski definition) is 0. The molecule has 1 aliphatic rings. The molecular weight excluding hydrogens is 634 g/mol. The molecule has 0 spiro atoms. The summed E-state index contributed by atoms with van der Waals surface area (Å²) in [7, 11) is 1.37. The molecule has 0 aliphatic carbocycles. The summed E-state index contributed by atoms with van der Waals surface area (Å²) in [6, 6.07) is 23.3. The van der Waals surface area contributed by atoms with Crippen LogP contribution in [0.3, 0.4) is 0 Å². The zero-order valence-corrected chi connectivity index (χ0v) is 28.1. The molecule has 0 unspecified atom stereocenters. The highest BCUT2D eigenvalue weighted by Gasteiger charge is 2.35. The summed E-state index contributed by atoms with van der Waals surface area (Å²) in [4.78, 5) is 45.8. The molecular formula is C37H32ClN3O5S. The van der Waals surface area contributed by atoms with Gasteiger partial charge in [0.05, 0.1) is 41.1 Å². The molecule has 5 aromatic rings. The minimum Gasteiger partial charge on any atom is -0.465 e. The first-order valence-corrected chi connectivity index (χ1v) is 16.2. The van der Waals surface area contributed by atoms with Gasteiger partial charge in [0.25, 0.3) is 5.56 Å². The first kappa shape index (κ1) is 32.0. The number of ether oxygens (including phenoxy) is 2. The van der Waals surface area contributed by atoms with E-state index in [0.29, 0.717) is 31.2 Å².